The van der Waals surface area contributed by atoms with E-state index in [-0.39, 0.29) is 12.6 Å². The SMILES string of the molecule is CCC(NS(=O)(=O)C(CC)CN)c1ncc[nH]1. The molecule has 17 heavy (non-hydrogen) atoms. The zero-order valence-corrected chi connectivity index (χ0v) is 11.0. The lowest BCUT2D eigenvalue weighted by molar-refractivity contribution is 0.524. The lowest BCUT2D eigenvalue weighted by Crippen LogP contribution is -2.40. The molecule has 7 heteroatoms. The number of hydrogen-bond acceptors (Lipinski definition) is 4. The van der Waals surface area contributed by atoms with Crippen molar-refractivity contribution in [1.82, 2.24) is 14.7 Å². The topological polar surface area (TPSA) is 101 Å². The highest BCUT2D eigenvalue weighted by Crippen LogP contribution is 2.15. The third-order valence-corrected chi connectivity index (χ3v) is 4.74. The molecule has 2 unspecified atom stereocenters. The van der Waals surface area contributed by atoms with E-state index >= 15 is 0 Å². The van der Waals surface area contributed by atoms with Gasteiger partial charge in [0.1, 0.15) is 5.82 Å². The average molecular weight is 260 g/mol. The maximum atomic E-state index is 12.0. The standard InChI is InChI=1S/C10H20N4O2S/c1-3-8(7-11)17(15,16)14-9(4-2)10-12-5-6-13-10/h5-6,8-9,14H,3-4,7,11H2,1-2H3,(H,12,13). The average Bonchev–Trinajstić information content (AvgIpc) is 2.80. The Balaban J connectivity index is 2.81. The Morgan fingerprint density at radius 1 is 1.47 bits per heavy atom. The van der Waals surface area contributed by atoms with E-state index in [1.165, 1.54) is 0 Å². The first-order valence-electron chi connectivity index (χ1n) is 5.75. The molecule has 98 valence electrons. The molecule has 1 rings (SSSR count). The summed E-state index contributed by atoms with van der Waals surface area (Å²) in [7, 11) is -3.39. The highest BCUT2D eigenvalue weighted by atomic mass is 32.2. The smallest absolute Gasteiger partial charge is 0.216 e. The molecule has 0 saturated heterocycles. The second-order valence-corrected chi connectivity index (χ2v) is 5.86. The molecule has 0 radical (unpaired) electrons. The monoisotopic (exact) mass is 260 g/mol. The molecule has 1 aromatic heterocycles. The van der Waals surface area contributed by atoms with Crippen molar-refractivity contribution in [3.63, 3.8) is 0 Å². The highest BCUT2D eigenvalue weighted by molar-refractivity contribution is 7.90. The number of sulfonamides is 1. The predicted octanol–water partition coefficient (Wildman–Crippen LogP) is 0.518. The Bertz CT molecular complexity index is 412. The van der Waals surface area contributed by atoms with Gasteiger partial charge >= 0.3 is 0 Å². The fourth-order valence-electron chi connectivity index (χ4n) is 1.61. The van der Waals surface area contributed by atoms with Crippen LogP contribution in [0.1, 0.15) is 38.6 Å². The predicted molar refractivity (Wildman–Crippen MR) is 66.8 cm³/mol. The van der Waals surface area contributed by atoms with Gasteiger partial charge in [-0.1, -0.05) is 13.8 Å². The molecule has 4 N–H and O–H groups in total. The van der Waals surface area contributed by atoms with Crippen LogP contribution in [0.25, 0.3) is 0 Å². The summed E-state index contributed by atoms with van der Waals surface area (Å²) in [6.45, 7) is 3.84. The van der Waals surface area contributed by atoms with Gasteiger partial charge in [-0.15, -0.1) is 0 Å². The van der Waals surface area contributed by atoms with Gasteiger partial charge in [0.25, 0.3) is 0 Å². The first-order valence-corrected chi connectivity index (χ1v) is 7.30. The van der Waals surface area contributed by atoms with Crippen molar-refractivity contribution in [2.75, 3.05) is 6.54 Å². The van der Waals surface area contributed by atoms with Crippen LogP contribution in [0, 0.1) is 0 Å². The van der Waals surface area contributed by atoms with Crippen LogP contribution < -0.4 is 10.5 Å². The normalized spacial score (nSPS) is 15.7. The second kappa shape index (κ2) is 6.13. The lowest BCUT2D eigenvalue weighted by atomic mass is 10.2. The minimum atomic E-state index is -3.39. The molecule has 0 aromatic carbocycles. The van der Waals surface area contributed by atoms with Crippen molar-refractivity contribution in [3.8, 4) is 0 Å². The van der Waals surface area contributed by atoms with Crippen molar-refractivity contribution in [3.05, 3.63) is 18.2 Å². The summed E-state index contributed by atoms with van der Waals surface area (Å²) in [6.07, 6.45) is 4.41. The number of aromatic nitrogens is 2. The molecule has 1 heterocycles. The van der Waals surface area contributed by atoms with Crippen molar-refractivity contribution in [2.24, 2.45) is 5.73 Å². The van der Waals surface area contributed by atoms with E-state index in [9.17, 15) is 8.42 Å². The third-order valence-electron chi connectivity index (χ3n) is 2.72. The number of rotatable bonds is 7. The number of nitrogens with zero attached hydrogens (tertiary/aromatic N) is 1. The van der Waals surface area contributed by atoms with Crippen LogP contribution in [0.5, 0.6) is 0 Å². The molecule has 0 spiro atoms. The zero-order valence-electron chi connectivity index (χ0n) is 10.2. The van der Waals surface area contributed by atoms with Crippen LogP contribution in [0.15, 0.2) is 12.4 Å². The highest BCUT2D eigenvalue weighted by Gasteiger charge is 2.26. The Labute approximate surface area is 102 Å². The van der Waals surface area contributed by atoms with E-state index in [4.69, 9.17) is 5.73 Å². The number of aromatic amines is 1. The quantitative estimate of drug-likeness (QED) is 0.665. The Morgan fingerprint density at radius 2 is 2.18 bits per heavy atom. The van der Waals surface area contributed by atoms with Gasteiger partial charge in [0.15, 0.2) is 0 Å². The summed E-state index contributed by atoms with van der Waals surface area (Å²) in [5, 5.41) is -0.550. The molecular formula is C10H20N4O2S. The van der Waals surface area contributed by atoms with Crippen LogP contribution >= 0.6 is 0 Å². The van der Waals surface area contributed by atoms with Gasteiger partial charge in [0, 0.05) is 18.9 Å². The molecule has 0 aliphatic rings. The van der Waals surface area contributed by atoms with Gasteiger partial charge in [-0.25, -0.2) is 18.1 Å². The van der Waals surface area contributed by atoms with E-state index in [1.54, 1.807) is 12.4 Å². The van der Waals surface area contributed by atoms with Gasteiger partial charge in [-0.2, -0.15) is 0 Å². The molecular weight excluding hydrogens is 240 g/mol. The van der Waals surface area contributed by atoms with Gasteiger partial charge < -0.3 is 10.7 Å². The molecule has 0 amide bonds. The van der Waals surface area contributed by atoms with Crippen LogP contribution in [0.2, 0.25) is 0 Å². The van der Waals surface area contributed by atoms with Crippen LogP contribution in [-0.2, 0) is 10.0 Å². The summed E-state index contributed by atoms with van der Waals surface area (Å²) in [4.78, 5) is 6.99. The van der Waals surface area contributed by atoms with Gasteiger partial charge in [0.2, 0.25) is 10.0 Å². The van der Waals surface area contributed by atoms with Gasteiger partial charge in [-0.3, -0.25) is 0 Å². The summed E-state index contributed by atoms with van der Waals surface area (Å²) >= 11 is 0. The van der Waals surface area contributed by atoms with Crippen molar-refractivity contribution in [2.45, 2.75) is 38.0 Å². The fourth-order valence-corrected chi connectivity index (χ4v) is 3.17. The summed E-state index contributed by atoms with van der Waals surface area (Å²) in [5.41, 5.74) is 5.46. The molecule has 2 atom stereocenters. The lowest BCUT2D eigenvalue weighted by Gasteiger charge is -2.19. The number of H-pyrrole nitrogens is 1. The van der Waals surface area contributed by atoms with Gasteiger partial charge in [-0.05, 0) is 12.8 Å². The Hall–Kier alpha value is -0.920. The largest absolute Gasteiger partial charge is 0.347 e. The number of nitrogens with two attached hydrogens (primary N) is 1. The van der Waals surface area contributed by atoms with Crippen LogP contribution in [0.4, 0.5) is 0 Å². The van der Waals surface area contributed by atoms with E-state index in [0.29, 0.717) is 18.7 Å². The Morgan fingerprint density at radius 3 is 2.59 bits per heavy atom. The molecule has 0 bridgehead atoms. The van der Waals surface area contributed by atoms with E-state index in [0.717, 1.165) is 0 Å². The first-order chi connectivity index (χ1) is 8.05. The molecule has 0 fully saturated rings. The molecule has 1 aromatic rings. The van der Waals surface area contributed by atoms with Crippen molar-refractivity contribution < 1.29 is 8.42 Å². The number of imidazole rings is 1. The molecule has 0 saturated carbocycles. The Kier molecular flexibility index (Phi) is 5.10. The minimum Gasteiger partial charge on any atom is -0.347 e. The summed E-state index contributed by atoms with van der Waals surface area (Å²) < 4.78 is 26.7. The van der Waals surface area contributed by atoms with Crippen LogP contribution in [-0.4, -0.2) is 30.2 Å². The number of hydrogen-bond donors (Lipinski definition) is 3. The first kappa shape index (κ1) is 14.1. The zero-order chi connectivity index (χ0) is 12.9. The van der Waals surface area contributed by atoms with Gasteiger partial charge in [0.05, 0.1) is 11.3 Å². The van der Waals surface area contributed by atoms with Crippen LogP contribution in [0.3, 0.4) is 0 Å². The van der Waals surface area contributed by atoms with Crippen molar-refractivity contribution in [1.29, 1.82) is 0 Å². The molecule has 0 aliphatic heterocycles. The summed E-state index contributed by atoms with van der Waals surface area (Å²) in [5.74, 6) is 0.628. The second-order valence-electron chi connectivity index (χ2n) is 3.86. The maximum absolute atomic E-state index is 12.0. The van der Waals surface area contributed by atoms with E-state index in [2.05, 4.69) is 14.7 Å². The summed E-state index contributed by atoms with van der Waals surface area (Å²) in [6, 6.07) is -0.324. The molecule has 6 nitrogen and oxygen atoms in total. The van der Waals surface area contributed by atoms with Crippen molar-refractivity contribution >= 4 is 10.0 Å². The van der Waals surface area contributed by atoms with E-state index < -0.39 is 15.3 Å². The minimum absolute atomic E-state index is 0.125. The third kappa shape index (κ3) is 3.52. The van der Waals surface area contributed by atoms with E-state index in [1.807, 2.05) is 13.8 Å². The number of nitrogens with one attached hydrogen (secondary N) is 2. The molecule has 0 aliphatic carbocycles. The fraction of sp³-hybridized carbons (Fsp3) is 0.700. The maximum Gasteiger partial charge on any atom is 0.216 e.